The first kappa shape index (κ1) is 11.3. The average molecular weight is 238 g/mol. The molecule has 0 spiro atoms. The van der Waals surface area contributed by atoms with Gasteiger partial charge in [0.2, 0.25) is 9.47 Å². The van der Waals surface area contributed by atoms with E-state index in [2.05, 4.69) is 14.9 Å². The molecule has 7 nitrogen and oxygen atoms in total. The molecule has 3 N–H and O–H groups in total. The van der Waals surface area contributed by atoms with Gasteiger partial charge in [-0.05, 0) is 0 Å². The van der Waals surface area contributed by atoms with Crippen LogP contribution in [0, 0.1) is 0 Å². The lowest BCUT2D eigenvalue weighted by Gasteiger charge is -2.01. The van der Waals surface area contributed by atoms with Crippen molar-refractivity contribution >= 4 is 26.5 Å². The summed E-state index contributed by atoms with van der Waals surface area (Å²) in [7, 11) is -2.09. The van der Waals surface area contributed by atoms with Crippen LogP contribution in [-0.4, -0.2) is 38.9 Å². The van der Waals surface area contributed by atoms with E-state index in [-0.39, 0.29) is 16.0 Å². The molecule has 0 fully saturated rings. The molecule has 9 heteroatoms. The minimum atomic E-state index is -3.58. The number of nitrogens with one attached hydrogen (secondary N) is 1. The first-order valence-corrected chi connectivity index (χ1v) is 5.94. The van der Waals surface area contributed by atoms with E-state index in [9.17, 15) is 8.42 Å². The molecule has 0 aliphatic rings. The van der Waals surface area contributed by atoms with Gasteiger partial charge in [-0.2, -0.15) is 0 Å². The second-order valence-corrected chi connectivity index (χ2v) is 5.25. The van der Waals surface area contributed by atoms with Crippen LogP contribution in [0.2, 0.25) is 0 Å². The number of hydrogen-bond donors (Lipinski definition) is 2. The maximum atomic E-state index is 11.4. The summed E-state index contributed by atoms with van der Waals surface area (Å²) in [6, 6.07) is 0. The molecule has 0 aliphatic carbocycles. The number of hydrogen-bond acceptors (Lipinski definition) is 7. The van der Waals surface area contributed by atoms with E-state index in [1.165, 1.54) is 7.11 Å². The van der Waals surface area contributed by atoms with Crippen LogP contribution in [0.3, 0.4) is 0 Å². The molecule has 0 bridgehead atoms. The van der Waals surface area contributed by atoms with Gasteiger partial charge < -0.3 is 10.5 Å². The highest BCUT2D eigenvalue weighted by Crippen LogP contribution is 2.15. The number of nitrogen functional groups attached to an aromatic ring is 1. The highest BCUT2D eigenvalue weighted by molar-refractivity contribution is 7.91. The monoisotopic (exact) mass is 238 g/mol. The van der Waals surface area contributed by atoms with Crippen LogP contribution in [0.15, 0.2) is 4.34 Å². The third-order valence-corrected chi connectivity index (χ3v) is 3.83. The molecule has 0 aliphatic heterocycles. The number of aromatic nitrogens is 2. The second-order valence-electron chi connectivity index (χ2n) is 2.30. The van der Waals surface area contributed by atoms with Gasteiger partial charge in [-0.1, -0.05) is 11.3 Å². The van der Waals surface area contributed by atoms with Gasteiger partial charge in [-0.3, -0.25) is 0 Å². The molecule has 14 heavy (non-hydrogen) atoms. The fourth-order valence-electron chi connectivity index (χ4n) is 0.669. The van der Waals surface area contributed by atoms with Crippen molar-refractivity contribution in [1.29, 1.82) is 0 Å². The summed E-state index contributed by atoms with van der Waals surface area (Å²) < 4.78 is 29.7. The van der Waals surface area contributed by atoms with Gasteiger partial charge in [0.15, 0.2) is 0 Å². The van der Waals surface area contributed by atoms with Gasteiger partial charge in [-0.25, -0.2) is 13.1 Å². The number of ether oxygens (including phenoxy) is 1. The van der Waals surface area contributed by atoms with Crippen LogP contribution in [0.1, 0.15) is 0 Å². The van der Waals surface area contributed by atoms with Crippen molar-refractivity contribution < 1.29 is 13.2 Å². The van der Waals surface area contributed by atoms with Gasteiger partial charge >= 0.3 is 0 Å². The quantitative estimate of drug-likeness (QED) is 0.640. The van der Waals surface area contributed by atoms with Crippen molar-refractivity contribution in [2.45, 2.75) is 4.34 Å². The minimum Gasteiger partial charge on any atom is -0.383 e. The van der Waals surface area contributed by atoms with Gasteiger partial charge in [0.25, 0.3) is 10.0 Å². The van der Waals surface area contributed by atoms with E-state index >= 15 is 0 Å². The molecular weight excluding hydrogens is 228 g/mol. The molecule has 0 saturated carbocycles. The van der Waals surface area contributed by atoms with Gasteiger partial charge in [-0.15, -0.1) is 10.2 Å². The Morgan fingerprint density at radius 3 is 2.79 bits per heavy atom. The average Bonchev–Trinajstić information content (AvgIpc) is 2.53. The Labute approximate surface area is 85.3 Å². The Hall–Kier alpha value is -0.770. The Balaban J connectivity index is 2.66. The number of sulfonamides is 1. The van der Waals surface area contributed by atoms with E-state index < -0.39 is 10.0 Å². The van der Waals surface area contributed by atoms with Crippen LogP contribution < -0.4 is 10.5 Å². The standard InChI is InChI=1S/C5H10N4O3S2/c1-12-3-2-7-14(10,11)5-9-8-4(6)13-5/h7H,2-3H2,1H3,(H2,6,8). The fourth-order valence-corrected chi connectivity index (χ4v) is 2.51. The molecule has 0 atom stereocenters. The summed E-state index contributed by atoms with van der Waals surface area (Å²) in [6.07, 6.45) is 0. The van der Waals surface area contributed by atoms with Crippen LogP contribution in [0.25, 0.3) is 0 Å². The number of anilines is 1. The van der Waals surface area contributed by atoms with Crippen molar-refractivity contribution in [3.63, 3.8) is 0 Å². The topological polar surface area (TPSA) is 107 Å². The van der Waals surface area contributed by atoms with Gasteiger partial charge in [0.05, 0.1) is 6.61 Å². The summed E-state index contributed by atoms with van der Waals surface area (Å²) >= 11 is 0.817. The lowest BCUT2D eigenvalue weighted by atomic mass is 10.7. The molecule has 0 radical (unpaired) electrons. The molecule has 1 aromatic rings. The molecular formula is C5H10N4O3S2. The molecule has 0 aromatic carbocycles. The van der Waals surface area contributed by atoms with E-state index in [1.807, 2.05) is 0 Å². The van der Waals surface area contributed by atoms with Gasteiger partial charge in [0.1, 0.15) is 0 Å². The van der Waals surface area contributed by atoms with Crippen molar-refractivity contribution in [1.82, 2.24) is 14.9 Å². The number of nitrogens with zero attached hydrogens (tertiary/aromatic N) is 2. The third kappa shape index (κ3) is 2.87. The maximum absolute atomic E-state index is 11.4. The SMILES string of the molecule is COCCNS(=O)(=O)c1nnc(N)s1. The lowest BCUT2D eigenvalue weighted by Crippen LogP contribution is -2.27. The molecule has 1 rings (SSSR count). The van der Waals surface area contributed by atoms with E-state index in [1.54, 1.807) is 0 Å². The first-order chi connectivity index (χ1) is 6.56. The summed E-state index contributed by atoms with van der Waals surface area (Å²) in [5.41, 5.74) is 5.26. The highest BCUT2D eigenvalue weighted by Gasteiger charge is 2.18. The zero-order chi connectivity index (χ0) is 10.6. The van der Waals surface area contributed by atoms with Crippen LogP contribution in [-0.2, 0) is 14.8 Å². The second kappa shape index (κ2) is 4.64. The van der Waals surface area contributed by atoms with Crippen LogP contribution in [0.5, 0.6) is 0 Å². The Bertz CT molecular complexity index is 387. The predicted molar refractivity (Wildman–Crippen MR) is 51.4 cm³/mol. The zero-order valence-corrected chi connectivity index (χ0v) is 9.06. The smallest absolute Gasteiger partial charge is 0.269 e. The van der Waals surface area contributed by atoms with Crippen molar-refractivity contribution in [3.05, 3.63) is 0 Å². The molecule has 0 amide bonds. The van der Waals surface area contributed by atoms with Gasteiger partial charge in [0, 0.05) is 13.7 Å². The number of nitrogens with two attached hydrogens (primary N) is 1. The normalized spacial score (nSPS) is 11.8. The number of rotatable bonds is 5. The molecule has 80 valence electrons. The van der Waals surface area contributed by atoms with Crippen LogP contribution in [0.4, 0.5) is 5.13 Å². The summed E-state index contributed by atoms with van der Waals surface area (Å²) in [4.78, 5) is 0. The molecule has 1 heterocycles. The van der Waals surface area contributed by atoms with Crippen molar-refractivity contribution in [2.75, 3.05) is 26.0 Å². The number of methoxy groups -OCH3 is 1. The zero-order valence-electron chi connectivity index (χ0n) is 7.43. The van der Waals surface area contributed by atoms with E-state index in [0.29, 0.717) is 6.61 Å². The first-order valence-electron chi connectivity index (χ1n) is 3.64. The minimum absolute atomic E-state index is 0.122. The fraction of sp³-hybridized carbons (Fsp3) is 0.600. The summed E-state index contributed by atoms with van der Waals surface area (Å²) in [5, 5.41) is 6.95. The van der Waals surface area contributed by atoms with Crippen LogP contribution >= 0.6 is 11.3 Å². The molecule has 1 aromatic heterocycles. The molecule has 0 unspecified atom stereocenters. The Kier molecular flexibility index (Phi) is 3.75. The van der Waals surface area contributed by atoms with Crippen molar-refractivity contribution in [2.24, 2.45) is 0 Å². The lowest BCUT2D eigenvalue weighted by molar-refractivity contribution is 0.204. The van der Waals surface area contributed by atoms with E-state index in [0.717, 1.165) is 11.3 Å². The Morgan fingerprint density at radius 2 is 2.29 bits per heavy atom. The largest absolute Gasteiger partial charge is 0.383 e. The van der Waals surface area contributed by atoms with Crippen molar-refractivity contribution in [3.8, 4) is 0 Å². The predicted octanol–water partition coefficient (Wildman–Crippen LogP) is -0.955. The highest BCUT2D eigenvalue weighted by atomic mass is 32.2. The van der Waals surface area contributed by atoms with E-state index in [4.69, 9.17) is 10.5 Å². The third-order valence-electron chi connectivity index (χ3n) is 1.25. The maximum Gasteiger partial charge on any atom is 0.269 e. The molecule has 0 saturated heterocycles. The summed E-state index contributed by atoms with van der Waals surface area (Å²) in [6.45, 7) is 0.492. The summed E-state index contributed by atoms with van der Waals surface area (Å²) in [5.74, 6) is 0. The Morgan fingerprint density at radius 1 is 1.57 bits per heavy atom.